The van der Waals surface area contributed by atoms with E-state index in [2.05, 4.69) is 10.6 Å². The van der Waals surface area contributed by atoms with Crippen LogP contribution in [0.5, 0.6) is 5.75 Å². The van der Waals surface area contributed by atoms with E-state index in [4.69, 9.17) is 4.74 Å². The van der Waals surface area contributed by atoms with E-state index in [1.54, 1.807) is 17.0 Å². The molecule has 3 rings (SSSR count). The topological polar surface area (TPSA) is 128 Å². The van der Waals surface area contributed by atoms with Gasteiger partial charge in [0.25, 0.3) is 11.8 Å². The van der Waals surface area contributed by atoms with Crippen molar-refractivity contribution in [3.63, 3.8) is 0 Å². The zero-order chi connectivity index (χ0) is 22.9. The van der Waals surface area contributed by atoms with Gasteiger partial charge in [-0.15, -0.1) is 0 Å². The minimum Gasteiger partial charge on any atom is -0.508 e. The minimum absolute atomic E-state index is 0.0662. The Morgan fingerprint density at radius 3 is 2.28 bits per heavy atom. The van der Waals surface area contributed by atoms with Crippen molar-refractivity contribution in [2.75, 3.05) is 44.6 Å². The number of carbonyl (C=O) groups is 4. The first-order valence-corrected chi connectivity index (χ1v) is 10.0. The van der Waals surface area contributed by atoms with Gasteiger partial charge in [-0.3, -0.25) is 14.4 Å². The van der Waals surface area contributed by atoms with Crippen LogP contribution in [0.3, 0.4) is 0 Å². The molecule has 0 atom stereocenters. The van der Waals surface area contributed by atoms with Gasteiger partial charge in [-0.2, -0.15) is 0 Å². The SMILES string of the molecule is O=C(CNC(=O)c1cccc(O)c1)OCC(=O)N1CCN(C(=O)Nc2ccccc2)CC1. The molecule has 0 aliphatic carbocycles. The van der Waals surface area contributed by atoms with E-state index in [0.29, 0.717) is 31.9 Å². The van der Waals surface area contributed by atoms with E-state index in [-0.39, 0.29) is 23.3 Å². The summed E-state index contributed by atoms with van der Waals surface area (Å²) in [6.45, 7) is 0.516. The number of carbonyl (C=O) groups excluding carboxylic acids is 4. The minimum atomic E-state index is -0.757. The second-order valence-electron chi connectivity index (χ2n) is 7.06. The van der Waals surface area contributed by atoms with Crippen molar-refractivity contribution in [1.82, 2.24) is 15.1 Å². The number of piperazine rings is 1. The molecule has 168 valence electrons. The molecule has 0 radical (unpaired) electrons. The van der Waals surface area contributed by atoms with Crippen LogP contribution >= 0.6 is 0 Å². The van der Waals surface area contributed by atoms with Crippen LogP contribution in [0.4, 0.5) is 10.5 Å². The van der Waals surface area contributed by atoms with E-state index in [9.17, 15) is 24.3 Å². The number of phenols is 1. The maximum Gasteiger partial charge on any atom is 0.325 e. The third-order valence-electron chi connectivity index (χ3n) is 4.80. The Kier molecular flexibility index (Phi) is 7.63. The molecular weight excluding hydrogens is 416 g/mol. The zero-order valence-electron chi connectivity index (χ0n) is 17.3. The first-order chi connectivity index (χ1) is 15.4. The fourth-order valence-corrected chi connectivity index (χ4v) is 3.07. The second kappa shape index (κ2) is 10.8. The molecule has 10 nitrogen and oxygen atoms in total. The van der Waals surface area contributed by atoms with Crippen molar-refractivity contribution in [3.05, 3.63) is 60.2 Å². The quantitative estimate of drug-likeness (QED) is 0.576. The van der Waals surface area contributed by atoms with Crippen LogP contribution in [0.2, 0.25) is 0 Å². The van der Waals surface area contributed by atoms with Gasteiger partial charge in [0.1, 0.15) is 12.3 Å². The number of amides is 4. The maximum atomic E-state index is 12.3. The summed E-state index contributed by atoms with van der Waals surface area (Å²) >= 11 is 0. The molecule has 1 heterocycles. The van der Waals surface area contributed by atoms with Crippen LogP contribution in [0.25, 0.3) is 0 Å². The largest absolute Gasteiger partial charge is 0.508 e. The molecule has 2 aromatic rings. The number of anilines is 1. The predicted octanol–water partition coefficient (Wildman–Crippen LogP) is 1.04. The number of phenolic OH excluding ortho intramolecular Hbond substituents is 1. The van der Waals surface area contributed by atoms with Crippen LogP contribution in [0.1, 0.15) is 10.4 Å². The number of benzene rings is 2. The third kappa shape index (κ3) is 6.46. The van der Waals surface area contributed by atoms with E-state index in [0.717, 1.165) is 0 Å². The van der Waals surface area contributed by atoms with Crippen LogP contribution in [-0.4, -0.2) is 78.1 Å². The zero-order valence-corrected chi connectivity index (χ0v) is 17.3. The Hall–Kier alpha value is -4.08. The molecule has 2 aromatic carbocycles. The molecule has 3 N–H and O–H groups in total. The summed E-state index contributed by atoms with van der Waals surface area (Å²) in [5.41, 5.74) is 0.891. The second-order valence-corrected chi connectivity index (χ2v) is 7.06. The molecule has 4 amide bonds. The molecule has 0 bridgehead atoms. The highest BCUT2D eigenvalue weighted by Gasteiger charge is 2.25. The highest BCUT2D eigenvalue weighted by atomic mass is 16.5. The fourth-order valence-electron chi connectivity index (χ4n) is 3.07. The van der Waals surface area contributed by atoms with Crippen LogP contribution < -0.4 is 10.6 Å². The number of nitrogens with one attached hydrogen (secondary N) is 2. The van der Waals surface area contributed by atoms with Gasteiger partial charge in [0.15, 0.2) is 6.61 Å². The lowest BCUT2D eigenvalue weighted by Crippen LogP contribution is -2.52. The molecule has 0 spiro atoms. The van der Waals surface area contributed by atoms with Gasteiger partial charge in [0, 0.05) is 37.4 Å². The molecule has 0 aromatic heterocycles. The van der Waals surface area contributed by atoms with Crippen LogP contribution in [-0.2, 0) is 14.3 Å². The predicted molar refractivity (Wildman–Crippen MR) is 115 cm³/mol. The van der Waals surface area contributed by atoms with Gasteiger partial charge in [0.2, 0.25) is 0 Å². The van der Waals surface area contributed by atoms with Gasteiger partial charge in [-0.25, -0.2) is 4.79 Å². The van der Waals surface area contributed by atoms with Gasteiger partial charge >= 0.3 is 12.0 Å². The first kappa shape index (κ1) is 22.6. The lowest BCUT2D eigenvalue weighted by Gasteiger charge is -2.34. The van der Waals surface area contributed by atoms with Crippen molar-refractivity contribution in [3.8, 4) is 5.75 Å². The monoisotopic (exact) mass is 440 g/mol. The van der Waals surface area contributed by atoms with E-state index < -0.39 is 25.0 Å². The summed E-state index contributed by atoms with van der Waals surface area (Å²) in [5, 5.41) is 14.5. The summed E-state index contributed by atoms with van der Waals surface area (Å²) in [6.07, 6.45) is 0. The fraction of sp³-hybridized carbons (Fsp3) is 0.273. The number of hydrogen-bond donors (Lipinski definition) is 3. The number of urea groups is 1. The number of nitrogens with zero attached hydrogens (tertiary/aromatic N) is 2. The van der Waals surface area contributed by atoms with Crippen molar-refractivity contribution >= 4 is 29.5 Å². The average molecular weight is 440 g/mol. The Morgan fingerprint density at radius 1 is 0.906 bits per heavy atom. The first-order valence-electron chi connectivity index (χ1n) is 10.0. The number of hydrogen-bond acceptors (Lipinski definition) is 6. The van der Waals surface area contributed by atoms with Crippen molar-refractivity contribution in [2.45, 2.75) is 0 Å². The van der Waals surface area contributed by atoms with Gasteiger partial charge in [-0.05, 0) is 30.3 Å². The van der Waals surface area contributed by atoms with Crippen LogP contribution in [0, 0.1) is 0 Å². The number of rotatable bonds is 6. The smallest absolute Gasteiger partial charge is 0.325 e. The highest BCUT2D eigenvalue weighted by Crippen LogP contribution is 2.11. The molecular formula is C22H24N4O6. The summed E-state index contributed by atoms with van der Waals surface area (Å²) < 4.78 is 4.93. The molecule has 0 saturated carbocycles. The lowest BCUT2D eigenvalue weighted by molar-refractivity contribution is -0.151. The molecule has 0 unspecified atom stereocenters. The summed E-state index contributed by atoms with van der Waals surface area (Å²) in [5.74, 6) is -1.74. The highest BCUT2D eigenvalue weighted by molar-refractivity contribution is 5.96. The molecule has 32 heavy (non-hydrogen) atoms. The molecule has 1 aliphatic rings. The Bertz CT molecular complexity index is 973. The lowest BCUT2D eigenvalue weighted by atomic mass is 10.2. The maximum absolute atomic E-state index is 12.3. The summed E-state index contributed by atoms with van der Waals surface area (Å²) in [7, 11) is 0. The van der Waals surface area contributed by atoms with E-state index in [1.165, 1.54) is 29.2 Å². The van der Waals surface area contributed by atoms with Crippen molar-refractivity contribution in [1.29, 1.82) is 0 Å². The van der Waals surface area contributed by atoms with Crippen molar-refractivity contribution in [2.24, 2.45) is 0 Å². The van der Waals surface area contributed by atoms with Crippen LogP contribution in [0.15, 0.2) is 54.6 Å². The third-order valence-corrected chi connectivity index (χ3v) is 4.80. The molecule has 1 aliphatic heterocycles. The van der Waals surface area contributed by atoms with Crippen molar-refractivity contribution < 1.29 is 29.0 Å². The van der Waals surface area contributed by atoms with Gasteiger partial charge in [-0.1, -0.05) is 24.3 Å². The molecule has 1 fully saturated rings. The Morgan fingerprint density at radius 2 is 1.59 bits per heavy atom. The van der Waals surface area contributed by atoms with Gasteiger partial charge < -0.3 is 30.3 Å². The Labute approximate surface area is 184 Å². The van der Waals surface area contributed by atoms with Gasteiger partial charge in [0.05, 0.1) is 0 Å². The standard InChI is InChI=1S/C22H24N4O6/c27-18-8-4-5-16(13-18)21(30)23-14-20(29)32-15-19(28)25-9-11-26(12-10-25)22(31)24-17-6-2-1-3-7-17/h1-8,13,27H,9-12,14-15H2,(H,23,30)(H,24,31). The normalized spacial score (nSPS) is 13.2. The molecule has 1 saturated heterocycles. The molecule has 10 heteroatoms. The number of aromatic hydroxyl groups is 1. The summed E-state index contributed by atoms with van der Waals surface area (Å²) in [6, 6.07) is 14.5. The van der Waals surface area contributed by atoms with E-state index in [1.807, 2.05) is 18.2 Å². The average Bonchev–Trinajstić information content (AvgIpc) is 2.81. The number of ether oxygens (including phenoxy) is 1. The Balaban J connectivity index is 1.35. The number of para-hydroxylation sites is 1. The van der Waals surface area contributed by atoms with E-state index >= 15 is 0 Å². The number of esters is 1. The summed E-state index contributed by atoms with van der Waals surface area (Å²) in [4.78, 5) is 51.5.